The Morgan fingerprint density at radius 3 is 2.52 bits per heavy atom. The first kappa shape index (κ1) is 15.5. The van der Waals surface area contributed by atoms with Crippen LogP contribution in [0.4, 0.5) is 5.95 Å². The van der Waals surface area contributed by atoms with E-state index in [0.29, 0.717) is 0 Å². The molecule has 2 aromatic rings. The van der Waals surface area contributed by atoms with Crippen molar-refractivity contribution in [3.8, 4) is 5.75 Å². The second-order valence-corrected chi connectivity index (χ2v) is 5.48. The van der Waals surface area contributed by atoms with E-state index in [2.05, 4.69) is 38.0 Å². The molecule has 5 heteroatoms. The van der Waals surface area contributed by atoms with Gasteiger partial charge in [-0.2, -0.15) is 0 Å². The third-order valence-electron chi connectivity index (χ3n) is 4.01. The van der Waals surface area contributed by atoms with Crippen LogP contribution in [-0.4, -0.2) is 54.7 Å². The van der Waals surface area contributed by atoms with Crippen LogP contribution in [-0.2, 0) is 0 Å². The van der Waals surface area contributed by atoms with Gasteiger partial charge in [-0.25, -0.2) is 9.97 Å². The lowest BCUT2D eigenvalue weighted by Gasteiger charge is -2.34. The smallest absolute Gasteiger partial charge is 0.225 e. The minimum atomic E-state index is 0.830. The topological polar surface area (TPSA) is 41.5 Å². The highest BCUT2D eigenvalue weighted by molar-refractivity contribution is 5.57. The summed E-state index contributed by atoms with van der Waals surface area (Å²) in [5.74, 6) is 1.74. The van der Waals surface area contributed by atoms with Crippen LogP contribution in [0.15, 0.2) is 48.8 Å². The van der Waals surface area contributed by atoms with Crippen molar-refractivity contribution >= 4 is 12.0 Å². The quantitative estimate of drug-likeness (QED) is 0.848. The van der Waals surface area contributed by atoms with E-state index in [-0.39, 0.29) is 0 Å². The molecule has 0 amide bonds. The molecule has 5 nitrogen and oxygen atoms in total. The standard InChI is InChI=1S/C18H22N4O/c1-23-17-8-3-2-6-16(17)7-4-11-21-12-14-22(15-13-21)18-19-9-5-10-20-18/h2-10H,11-15H2,1H3. The Bertz CT molecular complexity index is 636. The fraction of sp³-hybridized carbons (Fsp3) is 0.333. The van der Waals surface area contributed by atoms with E-state index in [1.807, 2.05) is 24.3 Å². The maximum Gasteiger partial charge on any atom is 0.225 e. The summed E-state index contributed by atoms with van der Waals surface area (Å²) >= 11 is 0. The van der Waals surface area contributed by atoms with Crippen molar-refractivity contribution < 1.29 is 4.74 Å². The largest absolute Gasteiger partial charge is 0.496 e. The highest BCUT2D eigenvalue weighted by Crippen LogP contribution is 2.18. The average molecular weight is 310 g/mol. The molecular formula is C18H22N4O. The molecule has 0 bridgehead atoms. The second-order valence-electron chi connectivity index (χ2n) is 5.48. The number of methoxy groups -OCH3 is 1. The summed E-state index contributed by atoms with van der Waals surface area (Å²) in [6.07, 6.45) is 7.92. The van der Waals surface area contributed by atoms with Gasteiger partial charge in [-0.15, -0.1) is 0 Å². The number of rotatable bonds is 5. The van der Waals surface area contributed by atoms with Crippen molar-refractivity contribution in [1.29, 1.82) is 0 Å². The molecule has 0 atom stereocenters. The van der Waals surface area contributed by atoms with E-state index in [1.54, 1.807) is 19.5 Å². The number of hydrogen-bond acceptors (Lipinski definition) is 5. The van der Waals surface area contributed by atoms with Gasteiger partial charge in [0.05, 0.1) is 7.11 Å². The van der Waals surface area contributed by atoms with Gasteiger partial charge in [-0.3, -0.25) is 4.90 Å². The molecule has 120 valence electrons. The molecule has 1 aliphatic heterocycles. The van der Waals surface area contributed by atoms with E-state index >= 15 is 0 Å². The molecule has 0 N–H and O–H groups in total. The highest BCUT2D eigenvalue weighted by atomic mass is 16.5. The summed E-state index contributed by atoms with van der Waals surface area (Å²) < 4.78 is 5.37. The third kappa shape index (κ3) is 4.07. The maximum absolute atomic E-state index is 5.37. The highest BCUT2D eigenvalue weighted by Gasteiger charge is 2.17. The lowest BCUT2D eigenvalue weighted by Crippen LogP contribution is -2.46. The van der Waals surface area contributed by atoms with E-state index in [1.165, 1.54) is 0 Å². The first-order valence-corrected chi connectivity index (χ1v) is 7.91. The first-order valence-electron chi connectivity index (χ1n) is 7.91. The van der Waals surface area contributed by atoms with Crippen LogP contribution in [0.2, 0.25) is 0 Å². The number of ether oxygens (including phenoxy) is 1. The summed E-state index contributed by atoms with van der Waals surface area (Å²) in [6, 6.07) is 9.92. The van der Waals surface area contributed by atoms with Gasteiger partial charge >= 0.3 is 0 Å². The van der Waals surface area contributed by atoms with Gasteiger partial charge in [0.25, 0.3) is 0 Å². The molecule has 0 saturated carbocycles. The zero-order valence-electron chi connectivity index (χ0n) is 13.4. The first-order chi connectivity index (χ1) is 11.4. The van der Waals surface area contributed by atoms with Crippen LogP contribution in [0.5, 0.6) is 5.75 Å². The SMILES string of the molecule is COc1ccccc1C=CCN1CCN(c2ncccn2)CC1. The molecule has 0 aliphatic carbocycles. The van der Waals surface area contributed by atoms with Crippen LogP contribution in [0.1, 0.15) is 5.56 Å². The Morgan fingerprint density at radius 1 is 1.04 bits per heavy atom. The predicted molar refractivity (Wildman–Crippen MR) is 92.7 cm³/mol. The van der Waals surface area contributed by atoms with Crippen molar-refractivity contribution in [1.82, 2.24) is 14.9 Å². The number of piperazine rings is 1. The molecule has 1 aliphatic rings. The summed E-state index contributed by atoms with van der Waals surface area (Å²) in [5.41, 5.74) is 1.12. The molecule has 3 rings (SSSR count). The Labute approximate surface area is 137 Å². The van der Waals surface area contributed by atoms with Crippen molar-refractivity contribution in [2.75, 3.05) is 44.7 Å². The molecule has 1 saturated heterocycles. The Morgan fingerprint density at radius 2 is 1.78 bits per heavy atom. The number of aromatic nitrogens is 2. The van der Waals surface area contributed by atoms with Crippen molar-refractivity contribution in [2.24, 2.45) is 0 Å². The number of hydrogen-bond donors (Lipinski definition) is 0. The summed E-state index contributed by atoms with van der Waals surface area (Å²) in [6.45, 7) is 4.92. The van der Waals surface area contributed by atoms with Gasteiger partial charge in [-0.1, -0.05) is 30.4 Å². The number of benzene rings is 1. The van der Waals surface area contributed by atoms with Crippen LogP contribution in [0, 0.1) is 0 Å². The fourth-order valence-electron chi connectivity index (χ4n) is 2.72. The van der Waals surface area contributed by atoms with Crippen LogP contribution >= 0.6 is 0 Å². The van der Waals surface area contributed by atoms with E-state index < -0.39 is 0 Å². The minimum absolute atomic E-state index is 0.830. The van der Waals surface area contributed by atoms with Crippen LogP contribution in [0.3, 0.4) is 0 Å². The second kappa shape index (κ2) is 7.74. The Balaban J connectivity index is 1.50. The molecule has 23 heavy (non-hydrogen) atoms. The minimum Gasteiger partial charge on any atom is -0.496 e. The van der Waals surface area contributed by atoms with Crippen LogP contribution < -0.4 is 9.64 Å². The van der Waals surface area contributed by atoms with E-state index in [4.69, 9.17) is 4.74 Å². The van der Waals surface area contributed by atoms with E-state index in [9.17, 15) is 0 Å². The van der Waals surface area contributed by atoms with Gasteiger partial charge in [0.15, 0.2) is 0 Å². The van der Waals surface area contributed by atoms with E-state index in [0.717, 1.165) is 50.0 Å². The summed E-state index contributed by atoms with van der Waals surface area (Å²) in [5, 5.41) is 0. The average Bonchev–Trinajstić information content (AvgIpc) is 2.63. The Kier molecular flexibility index (Phi) is 5.21. The molecule has 1 aromatic carbocycles. The number of para-hydroxylation sites is 1. The summed E-state index contributed by atoms with van der Waals surface area (Å²) in [4.78, 5) is 13.3. The normalized spacial score (nSPS) is 16.0. The van der Waals surface area contributed by atoms with Gasteiger partial charge in [0.2, 0.25) is 5.95 Å². The molecule has 2 heterocycles. The Hall–Kier alpha value is -2.40. The monoisotopic (exact) mass is 310 g/mol. The fourth-order valence-corrected chi connectivity index (χ4v) is 2.72. The van der Waals surface area contributed by atoms with Crippen LogP contribution in [0.25, 0.3) is 6.08 Å². The van der Waals surface area contributed by atoms with Gasteiger partial charge < -0.3 is 9.64 Å². The maximum atomic E-state index is 5.37. The van der Waals surface area contributed by atoms with Gasteiger partial charge in [0.1, 0.15) is 5.75 Å². The van der Waals surface area contributed by atoms with Gasteiger partial charge in [-0.05, 0) is 12.1 Å². The number of anilines is 1. The van der Waals surface area contributed by atoms with Crippen molar-refractivity contribution in [3.05, 3.63) is 54.4 Å². The molecule has 1 aromatic heterocycles. The molecule has 0 unspecified atom stereocenters. The molecular weight excluding hydrogens is 288 g/mol. The zero-order chi connectivity index (χ0) is 15.9. The third-order valence-corrected chi connectivity index (χ3v) is 4.01. The predicted octanol–water partition coefficient (Wildman–Crippen LogP) is 2.32. The lowest BCUT2D eigenvalue weighted by atomic mass is 10.2. The summed E-state index contributed by atoms with van der Waals surface area (Å²) in [7, 11) is 1.71. The molecule has 0 radical (unpaired) electrons. The van der Waals surface area contributed by atoms with Gasteiger partial charge in [0, 0.05) is 50.7 Å². The van der Waals surface area contributed by atoms with Crippen molar-refractivity contribution in [2.45, 2.75) is 0 Å². The van der Waals surface area contributed by atoms with Crippen molar-refractivity contribution in [3.63, 3.8) is 0 Å². The molecule has 1 fully saturated rings. The zero-order valence-corrected chi connectivity index (χ0v) is 13.4. The lowest BCUT2D eigenvalue weighted by molar-refractivity contribution is 0.283. The molecule has 0 spiro atoms. The number of nitrogens with zero attached hydrogens (tertiary/aromatic N) is 4.